The fourth-order valence-corrected chi connectivity index (χ4v) is 6.37. The zero-order chi connectivity index (χ0) is 37.9. The smallest absolute Gasteiger partial charge is 0.143 e. The molecule has 0 saturated heterocycles. The molecule has 1 heteroatoms. The van der Waals surface area contributed by atoms with E-state index in [1.165, 1.54) is 0 Å². The average molecular weight is 558 g/mol. The van der Waals surface area contributed by atoms with Crippen molar-refractivity contribution in [2.45, 2.75) is 0 Å². The van der Waals surface area contributed by atoms with Gasteiger partial charge in [-0.2, -0.15) is 0 Å². The van der Waals surface area contributed by atoms with Crippen LogP contribution in [0.4, 0.5) is 0 Å². The Morgan fingerprint density at radius 1 is 0.419 bits per heavy atom. The lowest BCUT2D eigenvalue weighted by Gasteiger charge is -2.20. The summed E-state index contributed by atoms with van der Waals surface area (Å²) in [4.78, 5) is 0. The van der Waals surface area contributed by atoms with E-state index >= 15 is 0 Å². The maximum Gasteiger partial charge on any atom is 0.143 e. The van der Waals surface area contributed by atoms with E-state index in [1.807, 2.05) is 72.8 Å². The van der Waals surface area contributed by atoms with Crippen LogP contribution in [-0.2, 0) is 0 Å². The molecule has 0 aliphatic heterocycles. The molecular weight excluding hydrogens is 520 g/mol. The number of fused-ring (bicyclic) bond motifs is 7. The van der Waals surface area contributed by atoms with Gasteiger partial charge in [-0.25, -0.2) is 0 Å². The second-order valence-corrected chi connectivity index (χ2v) is 10.4. The fraction of sp³-hybridized carbons (Fsp3) is 0. The van der Waals surface area contributed by atoms with E-state index < -0.39 is 36.3 Å². The molecule has 0 spiro atoms. The van der Waals surface area contributed by atoms with Gasteiger partial charge in [-0.05, 0) is 72.4 Å². The fourth-order valence-electron chi connectivity index (χ4n) is 6.37. The molecule has 200 valence electrons. The van der Waals surface area contributed by atoms with Crippen LogP contribution in [0.25, 0.3) is 87.6 Å². The number of rotatable bonds is 3. The number of hydrogen-bond donors (Lipinski definition) is 0. The van der Waals surface area contributed by atoms with Crippen molar-refractivity contribution in [1.29, 1.82) is 0 Å². The molecule has 1 heterocycles. The van der Waals surface area contributed by atoms with Crippen molar-refractivity contribution in [3.8, 4) is 33.4 Å². The van der Waals surface area contributed by atoms with Gasteiger partial charge in [-0.15, -0.1) is 0 Å². The van der Waals surface area contributed by atoms with Crippen LogP contribution in [0.15, 0.2) is 162 Å². The molecule has 0 N–H and O–H groups in total. The Morgan fingerprint density at radius 3 is 1.72 bits per heavy atom. The van der Waals surface area contributed by atoms with Crippen LogP contribution in [0.1, 0.15) is 15.1 Å². The minimum Gasteiger partial charge on any atom is -0.455 e. The zero-order valence-corrected chi connectivity index (χ0v) is 22.6. The van der Waals surface area contributed by atoms with Gasteiger partial charge in [0.2, 0.25) is 0 Å². The lowest BCUT2D eigenvalue weighted by Crippen LogP contribution is -1.93. The predicted octanol–water partition coefficient (Wildman–Crippen LogP) is 12.0. The highest BCUT2D eigenvalue weighted by atomic mass is 16.3. The molecule has 0 fully saturated rings. The third-order valence-electron chi connectivity index (χ3n) is 8.11. The minimum absolute atomic E-state index is 0.0495. The Morgan fingerprint density at radius 2 is 1.00 bits per heavy atom. The molecule has 9 aromatic rings. The first-order chi connectivity index (χ1) is 25.9. The highest BCUT2D eigenvalue weighted by molar-refractivity contribution is 6.27. The van der Waals surface area contributed by atoms with Gasteiger partial charge in [0.1, 0.15) is 11.2 Å². The van der Waals surface area contributed by atoms with E-state index in [1.54, 1.807) is 18.2 Å². The Balaban J connectivity index is 1.44. The highest BCUT2D eigenvalue weighted by Crippen LogP contribution is 2.48. The molecule has 0 atom stereocenters. The molecule has 0 radical (unpaired) electrons. The first-order valence-electron chi connectivity index (χ1n) is 19.4. The largest absolute Gasteiger partial charge is 0.455 e. The molecule has 8 aromatic carbocycles. The molecule has 1 aromatic heterocycles. The van der Waals surface area contributed by atoms with Crippen molar-refractivity contribution in [2.75, 3.05) is 0 Å². The van der Waals surface area contributed by atoms with Gasteiger partial charge in [0.25, 0.3) is 0 Å². The van der Waals surface area contributed by atoms with E-state index in [9.17, 15) is 1.37 Å². The highest BCUT2D eigenvalue weighted by Gasteiger charge is 2.21. The van der Waals surface area contributed by atoms with E-state index in [4.69, 9.17) is 18.1 Å². The van der Waals surface area contributed by atoms with Crippen LogP contribution in [-0.4, -0.2) is 0 Å². The van der Waals surface area contributed by atoms with Crippen molar-refractivity contribution in [3.05, 3.63) is 157 Å². The molecular formula is C42H26O. The van der Waals surface area contributed by atoms with E-state index in [0.717, 1.165) is 32.7 Å². The molecule has 0 bridgehead atoms. The summed E-state index contributed by atoms with van der Waals surface area (Å²) in [6.45, 7) is 0. The standard InChI is InChI=1S/C42H26O/c1-2-13-27(14-3-1)29-16-6-7-18-31(29)39-32-19-8-10-21-34(32)40(35-22-11-9-20-33(35)39)36-23-12-24-38-41(36)37-26-25-28-15-4-5-17-30(28)42(37)43-38/h1-26H/i1D,2D,3D,4D,5D,13D,14D,15D,17D,25D,26D. The molecule has 0 unspecified atom stereocenters. The average Bonchev–Trinajstić information content (AvgIpc) is 3.58. The quantitative estimate of drug-likeness (QED) is 0.197. The molecule has 43 heavy (non-hydrogen) atoms. The molecule has 0 saturated carbocycles. The van der Waals surface area contributed by atoms with Gasteiger partial charge in [-0.1, -0.05) is 145 Å². The first kappa shape index (κ1) is 15.5. The Bertz CT molecular complexity index is 3040. The van der Waals surface area contributed by atoms with Crippen LogP contribution in [0.5, 0.6) is 0 Å². The summed E-state index contributed by atoms with van der Waals surface area (Å²) >= 11 is 0. The van der Waals surface area contributed by atoms with Crippen molar-refractivity contribution < 1.29 is 19.5 Å². The first-order valence-corrected chi connectivity index (χ1v) is 13.9. The van der Waals surface area contributed by atoms with E-state index in [0.29, 0.717) is 27.7 Å². The summed E-state index contributed by atoms with van der Waals surface area (Å²) in [5.74, 6) is 0. The molecule has 0 amide bonds. The van der Waals surface area contributed by atoms with E-state index in [-0.39, 0.29) is 57.5 Å². The van der Waals surface area contributed by atoms with Crippen molar-refractivity contribution in [2.24, 2.45) is 0 Å². The van der Waals surface area contributed by atoms with Crippen molar-refractivity contribution >= 4 is 54.3 Å². The third kappa shape index (κ3) is 3.58. The van der Waals surface area contributed by atoms with Gasteiger partial charge in [-0.3, -0.25) is 0 Å². The summed E-state index contributed by atoms with van der Waals surface area (Å²) in [6.07, 6.45) is 0. The van der Waals surface area contributed by atoms with Crippen LogP contribution in [0.2, 0.25) is 0 Å². The monoisotopic (exact) mass is 557 g/mol. The normalized spacial score (nSPS) is 15.3. The summed E-state index contributed by atoms with van der Waals surface area (Å²) in [5.41, 5.74) is 4.05. The van der Waals surface area contributed by atoms with E-state index in [2.05, 4.69) is 0 Å². The molecule has 1 nitrogen and oxygen atoms in total. The minimum atomic E-state index is -0.484. The SMILES string of the molecule is [2H]c1c([2H])c([2H])c(-c2ccccc2-c2c3ccccc3c(-c3cccc4oc5c6c([2H])c([2H])c([2H])c([2H])c6c([2H])c([2H])c5c34)c3ccccc23)c([2H])c1[2H]. The second-order valence-electron chi connectivity index (χ2n) is 10.4. The summed E-state index contributed by atoms with van der Waals surface area (Å²) in [7, 11) is 0. The van der Waals surface area contributed by atoms with Gasteiger partial charge in [0.15, 0.2) is 0 Å². The number of hydrogen-bond acceptors (Lipinski definition) is 1. The van der Waals surface area contributed by atoms with Crippen molar-refractivity contribution in [3.63, 3.8) is 0 Å². The van der Waals surface area contributed by atoms with Crippen LogP contribution >= 0.6 is 0 Å². The third-order valence-corrected chi connectivity index (χ3v) is 8.11. The lowest BCUT2D eigenvalue weighted by atomic mass is 9.83. The Kier molecular flexibility index (Phi) is 3.41. The van der Waals surface area contributed by atoms with Crippen molar-refractivity contribution in [1.82, 2.24) is 0 Å². The topological polar surface area (TPSA) is 13.1 Å². The predicted molar refractivity (Wildman–Crippen MR) is 183 cm³/mol. The Labute approximate surface area is 264 Å². The molecule has 0 aliphatic carbocycles. The van der Waals surface area contributed by atoms with Gasteiger partial charge in [0.05, 0.1) is 15.1 Å². The van der Waals surface area contributed by atoms with Gasteiger partial charge >= 0.3 is 0 Å². The maximum absolute atomic E-state index is 9.21. The Hall–Kier alpha value is -5.66. The second kappa shape index (κ2) is 9.44. The summed E-state index contributed by atoms with van der Waals surface area (Å²) in [5, 5.41) is 4.07. The van der Waals surface area contributed by atoms with Crippen LogP contribution in [0.3, 0.4) is 0 Å². The van der Waals surface area contributed by atoms with Gasteiger partial charge in [0, 0.05) is 16.2 Å². The molecule has 9 rings (SSSR count). The zero-order valence-electron chi connectivity index (χ0n) is 33.6. The molecule has 0 aliphatic rings. The maximum atomic E-state index is 9.21. The summed E-state index contributed by atoms with van der Waals surface area (Å²) < 4.78 is 101. The lowest BCUT2D eigenvalue weighted by molar-refractivity contribution is 0.673. The summed E-state index contributed by atoms with van der Waals surface area (Å²) in [6, 6.07) is 24.3. The van der Waals surface area contributed by atoms with Crippen LogP contribution in [0, 0.1) is 0 Å². The number of furan rings is 1. The van der Waals surface area contributed by atoms with Crippen LogP contribution < -0.4 is 0 Å². The van der Waals surface area contributed by atoms with Gasteiger partial charge < -0.3 is 4.42 Å². The number of benzene rings is 8.